The molecular formula is C24H31F3N2O3S. The summed E-state index contributed by atoms with van der Waals surface area (Å²) in [6.07, 6.45) is 2.56. The highest BCUT2D eigenvalue weighted by molar-refractivity contribution is 8.01. The Hall–Kier alpha value is -2.16. The fraction of sp³-hybridized carbons (Fsp3) is 0.583. The van der Waals surface area contributed by atoms with E-state index in [0.29, 0.717) is 24.6 Å². The van der Waals surface area contributed by atoms with Crippen molar-refractivity contribution in [3.63, 3.8) is 0 Å². The molecule has 1 aliphatic heterocycles. The first-order valence-corrected chi connectivity index (χ1v) is 12.3. The number of hydrogen-bond acceptors (Lipinski definition) is 4. The molecule has 1 aromatic carbocycles. The Kier molecular flexibility index (Phi) is 8.73. The minimum Gasteiger partial charge on any atom is -0.406 e. The van der Waals surface area contributed by atoms with Gasteiger partial charge in [0.1, 0.15) is 11.1 Å². The largest absolute Gasteiger partial charge is 0.573 e. The number of hydrogen-bond donors (Lipinski definition) is 1. The number of alkyl halides is 3. The van der Waals surface area contributed by atoms with E-state index in [-0.39, 0.29) is 24.0 Å². The molecule has 1 aliphatic carbocycles. The van der Waals surface area contributed by atoms with Gasteiger partial charge >= 0.3 is 6.36 Å². The highest BCUT2D eigenvalue weighted by atomic mass is 32.2. The molecule has 1 aromatic rings. The Bertz CT molecular complexity index is 873. The molecule has 2 atom stereocenters. The second-order valence-corrected chi connectivity index (χ2v) is 10.2. The predicted molar refractivity (Wildman–Crippen MR) is 123 cm³/mol. The first kappa shape index (κ1) is 25.5. The Labute approximate surface area is 197 Å². The number of nitrogens with zero attached hydrogens (tertiary/aromatic N) is 1. The summed E-state index contributed by atoms with van der Waals surface area (Å²) >= 11 is 1.32. The molecule has 1 N–H and O–H groups in total. The molecule has 182 valence electrons. The molecule has 9 heteroatoms. The van der Waals surface area contributed by atoms with Crippen molar-refractivity contribution in [2.24, 2.45) is 5.92 Å². The molecule has 0 aromatic heterocycles. The molecule has 5 nitrogen and oxygen atoms in total. The van der Waals surface area contributed by atoms with E-state index >= 15 is 0 Å². The van der Waals surface area contributed by atoms with E-state index in [4.69, 9.17) is 0 Å². The smallest absolute Gasteiger partial charge is 0.406 e. The van der Waals surface area contributed by atoms with E-state index in [9.17, 15) is 22.8 Å². The molecule has 3 rings (SSSR count). The lowest BCUT2D eigenvalue weighted by Crippen LogP contribution is -2.35. The lowest BCUT2D eigenvalue weighted by atomic mass is 9.97. The number of rotatable bonds is 9. The summed E-state index contributed by atoms with van der Waals surface area (Å²) in [4.78, 5) is 27.3. The molecule has 0 saturated carbocycles. The van der Waals surface area contributed by atoms with Crippen LogP contribution in [0, 0.1) is 5.92 Å². The highest BCUT2D eigenvalue weighted by Crippen LogP contribution is 2.45. The van der Waals surface area contributed by atoms with Gasteiger partial charge in [-0.25, -0.2) is 0 Å². The average Bonchev–Trinajstić information content (AvgIpc) is 3.06. The van der Waals surface area contributed by atoms with Crippen molar-refractivity contribution in [1.82, 2.24) is 10.2 Å². The van der Waals surface area contributed by atoms with Crippen LogP contribution in [0.1, 0.15) is 63.3 Å². The SMILES string of the molecule is CC(C)CNC(=O)CC1SC(c2cccc(OC(F)(F)F)c2)N(CCC2=CCCCC2)C1=O. The third-order valence-electron chi connectivity index (χ3n) is 5.65. The van der Waals surface area contributed by atoms with E-state index < -0.39 is 17.0 Å². The van der Waals surface area contributed by atoms with E-state index in [1.54, 1.807) is 11.0 Å². The van der Waals surface area contributed by atoms with Crippen molar-refractivity contribution < 1.29 is 27.5 Å². The van der Waals surface area contributed by atoms with Crippen LogP contribution in [0.25, 0.3) is 0 Å². The molecule has 1 saturated heterocycles. The van der Waals surface area contributed by atoms with Gasteiger partial charge in [0, 0.05) is 19.5 Å². The van der Waals surface area contributed by atoms with E-state index in [1.807, 2.05) is 13.8 Å². The van der Waals surface area contributed by atoms with Crippen molar-refractivity contribution in [2.45, 2.75) is 69.4 Å². The summed E-state index contributed by atoms with van der Waals surface area (Å²) in [6, 6.07) is 5.76. The minimum absolute atomic E-state index is 0.0463. The van der Waals surface area contributed by atoms with Crippen LogP contribution >= 0.6 is 11.8 Å². The van der Waals surface area contributed by atoms with Gasteiger partial charge in [0.2, 0.25) is 11.8 Å². The zero-order valence-electron chi connectivity index (χ0n) is 19.0. The third-order valence-corrected chi connectivity index (χ3v) is 7.13. The van der Waals surface area contributed by atoms with Crippen LogP contribution in [0.3, 0.4) is 0 Å². The van der Waals surface area contributed by atoms with E-state index in [1.165, 1.54) is 42.0 Å². The summed E-state index contributed by atoms with van der Waals surface area (Å²) in [6.45, 7) is 4.98. The summed E-state index contributed by atoms with van der Waals surface area (Å²) in [5.74, 6) is -0.367. The number of ether oxygens (including phenoxy) is 1. The lowest BCUT2D eigenvalue weighted by Gasteiger charge is -2.25. The van der Waals surface area contributed by atoms with E-state index in [0.717, 1.165) is 25.7 Å². The van der Waals surface area contributed by atoms with E-state index in [2.05, 4.69) is 16.1 Å². The monoisotopic (exact) mass is 484 g/mol. The fourth-order valence-electron chi connectivity index (χ4n) is 4.03. The molecule has 0 radical (unpaired) electrons. The van der Waals surface area contributed by atoms with Crippen LogP contribution in [-0.4, -0.2) is 41.4 Å². The molecule has 0 spiro atoms. The van der Waals surface area contributed by atoms with Crippen molar-refractivity contribution in [3.05, 3.63) is 41.5 Å². The molecular weight excluding hydrogens is 453 g/mol. The number of allylic oxidation sites excluding steroid dienone is 1. The van der Waals surface area contributed by atoms with Crippen LogP contribution in [0.5, 0.6) is 5.75 Å². The normalized spacial score (nSPS) is 21.3. The Balaban J connectivity index is 1.77. The third kappa shape index (κ3) is 7.69. The van der Waals surface area contributed by atoms with Gasteiger partial charge in [-0.2, -0.15) is 0 Å². The summed E-state index contributed by atoms with van der Waals surface area (Å²) < 4.78 is 42.2. The van der Waals surface area contributed by atoms with Gasteiger partial charge < -0.3 is 15.0 Å². The van der Waals surface area contributed by atoms with Crippen LogP contribution in [0.4, 0.5) is 13.2 Å². The summed E-state index contributed by atoms with van der Waals surface area (Å²) in [5, 5.41) is 1.80. The van der Waals surface area contributed by atoms with Gasteiger partial charge in [0.15, 0.2) is 0 Å². The molecule has 1 fully saturated rings. The molecule has 33 heavy (non-hydrogen) atoms. The number of carbonyl (C=O) groups excluding carboxylic acids is 2. The fourth-order valence-corrected chi connectivity index (χ4v) is 5.50. The van der Waals surface area contributed by atoms with Gasteiger partial charge in [-0.05, 0) is 55.7 Å². The van der Waals surface area contributed by atoms with Gasteiger partial charge in [0.25, 0.3) is 0 Å². The lowest BCUT2D eigenvalue weighted by molar-refractivity contribution is -0.274. The maximum atomic E-state index is 13.2. The number of amides is 2. The van der Waals surface area contributed by atoms with Crippen molar-refractivity contribution >= 4 is 23.6 Å². The van der Waals surface area contributed by atoms with Crippen molar-refractivity contribution in [1.29, 1.82) is 0 Å². The van der Waals surface area contributed by atoms with Gasteiger partial charge in [0.05, 0.1) is 5.25 Å². The minimum atomic E-state index is -4.79. The van der Waals surface area contributed by atoms with Crippen molar-refractivity contribution in [3.8, 4) is 5.75 Å². The predicted octanol–water partition coefficient (Wildman–Crippen LogP) is 5.58. The van der Waals surface area contributed by atoms with Crippen LogP contribution in [-0.2, 0) is 9.59 Å². The number of carbonyl (C=O) groups is 2. The zero-order chi connectivity index (χ0) is 24.0. The molecule has 2 unspecified atom stereocenters. The standard InChI is InChI=1S/C24H31F3N2O3S/c1-16(2)15-28-21(30)14-20-22(31)29(12-11-17-7-4-3-5-8-17)23(33-20)18-9-6-10-19(13-18)32-24(25,26)27/h6-7,9-10,13,16,20,23H,3-5,8,11-12,14-15H2,1-2H3,(H,28,30). The molecule has 2 amide bonds. The van der Waals surface area contributed by atoms with Crippen LogP contribution in [0.15, 0.2) is 35.9 Å². The zero-order valence-corrected chi connectivity index (χ0v) is 19.8. The quantitative estimate of drug-likeness (QED) is 0.465. The topological polar surface area (TPSA) is 58.6 Å². The second-order valence-electron chi connectivity index (χ2n) is 8.89. The van der Waals surface area contributed by atoms with Crippen LogP contribution in [0.2, 0.25) is 0 Å². The maximum Gasteiger partial charge on any atom is 0.573 e. The summed E-state index contributed by atoms with van der Waals surface area (Å²) in [5.41, 5.74) is 1.86. The van der Waals surface area contributed by atoms with Crippen molar-refractivity contribution in [2.75, 3.05) is 13.1 Å². The number of nitrogens with one attached hydrogen (secondary N) is 1. The second kappa shape index (κ2) is 11.3. The number of benzene rings is 1. The first-order chi connectivity index (χ1) is 15.6. The van der Waals surface area contributed by atoms with Crippen LogP contribution < -0.4 is 10.1 Å². The Morgan fingerprint density at radius 3 is 2.76 bits per heavy atom. The maximum absolute atomic E-state index is 13.2. The number of thioether (sulfide) groups is 1. The van der Waals surface area contributed by atoms with Gasteiger partial charge in [-0.1, -0.05) is 37.6 Å². The molecule has 0 bridgehead atoms. The summed E-state index contributed by atoms with van der Waals surface area (Å²) in [7, 11) is 0. The average molecular weight is 485 g/mol. The highest BCUT2D eigenvalue weighted by Gasteiger charge is 2.42. The molecule has 2 aliphatic rings. The van der Waals surface area contributed by atoms with Gasteiger partial charge in [-0.3, -0.25) is 9.59 Å². The first-order valence-electron chi connectivity index (χ1n) is 11.4. The van der Waals surface area contributed by atoms with Gasteiger partial charge in [-0.15, -0.1) is 24.9 Å². The molecule has 1 heterocycles. The Morgan fingerprint density at radius 1 is 1.30 bits per heavy atom. The number of halogens is 3. The Morgan fingerprint density at radius 2 is 2.09 bits per heavy atom.